The highest BCUT2D eigenvalue weighted by molar-refractivity contribution is 9.10. The fraction of sp³-hybridized carbons (Fsp3) is 0.333. The van der Waals surface area contributed by atoms with Gasteiger partial charge in [-0.25, -0.2) is 8.42 Å². The van der Waals surface area contributed by atoms with Crippen molar-refractivity contribution in [3.63, 3.8) is 0 Å². The smallest absolute Gasteiger partial charge is 0.244 e. The zero-order valence-electron chi connectivity index (χ0n) is 9.71. The fourth-order valence-electron chi connectivity index (χ4n) is 1.83. The van der Waals surface area contributed by atoms with E-state index in [-0.39, 0.29) is 11.5 Å². The van der Waals surface area contributed by atoms with Crippen molar-refractivity contribution in [1.82, 2.24) is 4.31 Å². The Hall–Kier alpha value is -0.690. The molecule has 4 nitrogen and oxygen atoms in total. The van der Waals surface area contributed by atoms with Crippen LogP contribution in [0.15, 0.2) is 39.7 Å². The van der Waals surface area contributed by atoms with E-state index < -0.39 is 10.0 Å². The van der Waals surface area contributed by atoms with Crippen molar-refractivity contribution in [1.29, 1.82) is 0 Å². The quantitative estimate of drug-likeness (QED) is 0.860. The maximum Gasteiger partial charge on any atom is 0.244 e. The average Bonchev–Trinajstić information content (AvgIpc) is 2.39. The minimum Gasteiger partial charge on any atom is -0.392 e. The summed E-state index contributed by atoms with van der Waals surface area (Å²) >= 11 is 3.26. The van der Waals surface area contributed by atoms with Crippen LogP contribution in [0.2, 0.25) is 0 Å². The van der Waals surface area contributed by atoms with Gasteiger partial charge in [0.05, 0.1) is 11.5 Å². The van der Waals surface area contributed by atoms with Gasteiger partial charge in [-0.1, -0.05) is 18.2 Å². The summed E-state index contributed by atoms with van der Waals surface area (Å²) in [5.41, 5.74) is 0.680. The molecule has 0 radical (unpaired) electrons. The van der Waals surface area contributed by atoms with Crippen LogP contribution in [0, 0.1) is 0 Å². The summed E-state index contributed by atoms with van der Waals surface area (Å²) in [4.78, 5) is 0.245. The van der Waals surface area contributed by atoms with Crippen LogP contribution >= 0.6 is 15.9 Å². The molecule has 98 valence electrons. The van der Waals surface area contributed by atoms with E-state index in [1.54, 1.807) is 12.1 Å². The predicted molar refractivity (Wildman–Crippen MR) is 72.6 cm³/mol. The van der Waals surface area contributed by atoms with Crippen LogP contribution < -0.4 is 0 Å². The lowest BCUT2D eigenvalue weighted by Gasteiger charge is -2.23. The first-order valence-corrected chi connectivity index (χ1v) is 7.83. The molecule has 18 heavy (non-hydrogen) atoms. The summed E-state index contributed by atoms with van der Waals surface area (Å²) in [6.07, 6.45) is 4.58. The van der Waals surface area contributed by atoms with Crippen molar-refractivity contribution in [3.05, 3.63) is 40.4 Å². The lowest BCUT2D eigenvalue weighted by molar-refractivity contribution is 0.281. The molecule has 0 fully saturated rings. The Morgan fingerprint density at radius 1 is 1.33 bits per heavy atom. The third-order valence-electron chi connectivity index (χ3n) is 2.82. The van der Waals surface area contributed by atoms with Crippen LogP contribution in [0.5, 0.6) is 0 Å². The van der Waals surface area contributed by atoms with Crippen LogP contribution in [0.1, 0.15) is 12.0 Å². The molecule has 0 bridgehead atoms. The van der Waals surface area contributed by atoms with Crippen LogP contribution in [0.3, 0.4) is 0 Å². The standard InChI is InChI=1S/C12H14BrNO3S/c13-11-8-10(9-15)4-5-12(11)18(16,17)14-6-2-1-3-7-14/h1-2,4-5,8,15H,3,6-7,9H2. The molecule has 0 aliphatic carbocycles. The van der Waals surface area contributed by atoms with Crippen molar-refractivity contribution in [2.45, 2.75) is 17.9 Å². The monoisotopic (exact) mass is 331 g/mol. The van der Waals surface area contributed by atoms with E-state index in [1.165, 1.54) is 10.4 Å². The van der Waals surface area contributed by atoms with Gasteiger partial charge in [0.2, 0.25) is 10.0 Å². The van der Waals surface area contributed by atoms with Crippen LogP contribution in [-0.2, 0) is 16.6 Å². The van der Waals surface area contributed by atoms with Crippen molar-refractivity contribution in [2.75, 3.05) is 13.1 Å². The largest absolute Gasteiger partial charge is 0.392 e. The van der Waals surface area contributed by atoms with E-state index in [1.807, 2.05) is 12.2 Å². The predicted octanol–water partition coefficient (Wildman–Crippen LogP) is 1.89. The topological polar surface area (TPSA) is 57.6 Å². The number of sulfonamides is 1. The first kappa shape index (κ1) is 13.7. The van der Waals surface area contributed by atoms with E-state index in [2.05, 4.69) is 15.9 Å². The molecule has 1 aromatic rings. The number of halogens is 1. The Kier molecular flexibility index (Phi) is 4.21. The van der Waals surface area contributed by atoms with Gasteiger partial charge in [-0.15, -0.1) is 0 Å². The van der Waals surface area contributed by atoms with Gasteiger partial charge in [-0.2, -0.15) is 4.31 Å². The van der Waals surface area contributed by atoms with Crippen molar-refractivity contribution in [3.8, 4) is 0 Å². The molecule has 0 saturated carbocycles. The maximum absolute atomic E-state index is 12.4. The molecule has 0 amide bonds. The number of rotatable bonds is 3. The van der Waals surface area contributed by atoms with Gasteiger partial charge in [-0.05, 0) is 40.0 Å². The molecule has 0 spiro atoms. The van der Waals surface area contributed by atoms with E-state index in [0.29, 0.717) is 23.1 Å². The SMILES string of the molecule is O=S(=O)(c1ccc(CO)cc1Br)N1CC=CCC1. The number of benzene rings is 1. The summed E-state index contributed by atoms with van der Waals surface area (Å²) in [6, 6.07) is 4.79. The van der Waals surface area contributed by atoms with Crippen LogP contribution in [0.4, 0.5) is 0 Å². The third kappa shape index (κ3) is 2.66. The van der Waals surface area contributed by atoms with E-state index in [4.69, 9.17) is 5.11 Å². The van der Waals surface area contributed by atoms with E-state index >= 15 is 0 Å². The van der Waals surface area contributed by atoms with Gasteiger partial charge in [0.1, 0.15) is 0 Å². The Morgan fingerprint density at radius 2 is 2.11 bits per heavy atom. The zero-order chi connectivity index (χ0) is 13.2. The van der Waals surface area contributed by atoms with Gasteiger partial charge >= 0.3 is 0 Å². The Labute approximate surface area is 115 Å². The summed E-state index contributed by atoms with van der Waals surface area (Å²) in [5, 5.41) is 9.01. The molecule has 0 aromatic heterocycles. The Balaban J connectivity index is 2.38. The maximum atomic E-state index is 12.4. The molecule has 6 heteroatoms. The molecule has 0 unspecified atom stereocenters. The Bertz CT molecular complexity index is 569. The van der Waals surface area contributed by atoms with Crippen molar-refractivity contribution in [2.24, 2.45) is 0 Å². The molecule has 1 aliphatic rings. The van der Waals surface area contributed by atoms with Gasteiger partial charge in [0.25, 0.3) is 0 Å². The fourth-order valence-corrected chi connectivity index (χ4v) is 4.32. The summed E-state index contributed by atoms with van der Waals surface area (Å²) < 4.78 is 26.8. The average molecular weight is 332 g/mol. The van der Waals surface area contributed by atoms with E-state index in [0.717, 1.165) is 6.42 Å². The molecule has 0 saturated heterocycles. The second kappa shape index (κ2) is 5.52. The number of hydrogen-bond acceptors (Lipinski definition) is 3. The second-order valence-corrected chi connectivity index (χ2v) is 6.81. The highest BCUT2D eigenvalue weighted by atomic mass is 79.9. The van der Waals surface area contributed by atoms with Crippen LogP contribution in [-0.4, -0.2) is 30.9 Å². The van der Waals surface area contributed by atoms with Gasteiger partial charge in [0.15, 0.2) is 0 Å². The highest BCUT2D eigenvalue weighted by Crippen LogP contribution is 2.27. The second-order valence-electron chi connectivity index (χ2n) is 4.05. The molecule has 2 rings (SSSR count). The highest BCUT2D eigenvalue weighted by Gasteiger charge is 2.26. The molecule has 1 heterocycles. The normalized spacial score (nSPS) is 17.0. The first-order chi connectivity index (χ1) is 8.55. The van der Waals surface area contributed by atoms with Gasteiger partial charge < -0.3 is 5.11 Å². The minimum absolute atomic E-state index is 0.106. The Morgan fingerprint density at radius 3 is 2.67 bits per heavy atom. The van der Waals surface area contributed by atoms with Crippen LogP contribution in [0.25, 0.3) is 0 Å². The molecular formula is C12H14BrNO3S. The molecule has 1 N–H and O–H groups in total. The lowest BCUT2D eigenvalue weighted by Crippen LogP contribution is -2.34. The summed E-state index contributed by atoms with van der Waals surface area (Å²) in [5.74, 6) is 0. The van der Waals surface area contributed by atoms with Gasteiger partial charge in [-0.3, -0.25) is 0 Å². The molecular weight excluding hydrogens is 318 g/mol. The number of nitrogens with zero attached hydrogens (tertiary/aromatic N) is 1. The van der Waals surface area contributed by atoms with Crippen molar-refractivity contribution >= 4 is 26.0 Å². The molecule has 0 atom stereocenters. The summed E-state index contributed by atoms with van der Waals surface area (Å²) in [7, 11) is -3.46. The van der Waals surface area contributed by atoms with Gasteiger partial charge in [0, 0.05) is 17.6 Å². The number of aliphatic hydroxyl groups is 1. The van der Waals surface area contributed by atoms with E-state index in [9.17, 15) is 8.42 Å². The van der Waals surface area contributed by atoms with Crippen molar-refractivity contribution < 1.29 is 13.5 Å². The minimum atomic E-state index is -3.46. The zero-order valence-corrected chi connectivity index (χ0v) is 12.1. The molecule has 1 aliphatic heterocycles. The third-order valence-corrected chi connectivity index (χ3v) is 5.66. The summed E-state index contributed by atoms with van der Waals surface area (Å²) in [6.45, 7) is 0.814. The molecule has 1 aromatic carbocycles. The number of aliphatic hydroxyl groups excluding tert-OH is 1. The number of hydrogen-bond donors (Lipinski definition) is 1. The lowest BCUT2D eigenvalue weighted by atomic mass is 10.2. The first-order valence-electron chi connectivity index (χ1n) is 5.60.